The van der Waals surface area contributed by atoms with Crippen molar-refractivity contribution in [2.75, 3.05) is 0 Å². The predicted molar refractivity (Wildman–Crippen MR) is 123 cm³/mol. The van der Waals surface area contributed by atoms with Crippen LogP contribution >= 0.6 is 0 Å². The van der Waals surface area contributed by atoms with Gasteiger partial charge in [-0.25, -0.2) is 0 Å². The second-order valence-corrected chi connectivity index (χ2v) is 11.1. The van der Waals surface area contributed by atoms with Gasteiger partial charge in [-0.2, -0.15) is 0 Å². The van der Waals surface area contributed by atoms with Crippen molar-refractivity contribution in [3.8, 4) is 0 Å². The standard InChI is InChI=1S/C27H38O6/c1-15(31-16(2)28)22-9-10-23-21-8-7-19-13-20(32-17(3)29)11-12-26(19,5)25(21)24(33-18(4)30)14-27(22,23)6/h8,15,19-20,22-23H,7,9-14H2,1-6H3/t15?,19?,20-,22?,23?,26?,27?/m1/s1. The van der Waals surface area contributed by atoms with Gasteiger partial charge in [0.25, 0.3) is 0 Å². The average molecular weight is 459 g/mol. The number of hydrogen-bond acceptors (Lipinski definition) is 6. The second-order valence-electron chi connectivity index (χ2n) is 11.1. The molecule has 0 radical (unpaired) electrons. The number of hydrogen-bond donors (Lipinski definition) is 0. The lowest BCUT2D eigenvalue weighted by Crippen LogP contribution is -2.47. The number of allylic oxidation sites excluding steroid dienone is 4. The first-order valence-corrected chi connectivity index (χ1v) is 12.4. The van der Waals surface area contributed by atoms with Crippen molar-refractivity contribution in [2.45, 2.75) is 98.7 Å². The summed E-state index contributed by atoms with van der Waals surface area (Å²) in [4.78, 5) is 35.4. The summed E-state index contributed by atoms with van der Waals surface area (Å²) in [5, 5.41) is 0. The maximum Gasteiger partial charge on any atom is 0.307 e. The molecule has 7 atom stereocenters. The number of rotatable bonds is 4. The van der Waals surface area contributed by atoms with Crippen LogP contribution in [0.3, 0.4) is 0 Å². The Hall–Kier alpha value is -2.11. The van der Waals surface area contributed by atoms with Crippen molar-refractivity contribution in [2.24, 2.45) is 28.6 Å². The van der Waals surface area contributed by atoms with Crippen LogP contribution in [0.4, 0.5) is 0 Å². The molecule has 6 unspecified atom stereocenters. The van der Waals surface area contributed by atoms with E-state index in [1.165, 1.54) is 31.9 Å². The van der Waals surface area contributed by atoms with Crippen LogP contribution in [0.25, 0.3) is 0 Å². The van der Waals surface area contributed by atoms with E-state index in [-0.39, 0.29) is 46.9 Å². The molecule has 0 aromatic carbocycles. The molecule has 4 aliphatic carbocycles. The highest BCUT2D eigenvalue weighted by molar-refractivity contribution is 5.68. The molecule has 0 aromatic rings. The minimum absolute atomic E-state index is 0.0393. The largest absolute Gasteiger partial charge is 0.463 e. The number of carbonyl (C=O) groups excluding carboxylic acids is 3. The van der Waals surface area contributed by atoms with Crippen LogP contribution in [0, 0.1) is 28.6 Å². The molecule has 0 amide bonds. The quantitative estimate of drug-likeness (QED) is 0.422. The summed E-state index contributed by atoms with van der Waals surface area (Å²) in [6.07, 6.45) is 8.37. The van der Waals surface area contributed by atoms with Crippen LogP contribution in [0.2, 0.25) is 0 Å². The van der Waals surface area contributed by atoms with E-state index in [1.54, 1.807) is 0 Å². The molecule has 6 heteroatoms. The number of esters is 3. The van der Waals surface area contributed by atoms with Gasteiger partial charge >= 0.3 is 17.9 Å². The van der Waals surface area contributed by atoms with Crippen LogP contribution in [0.5, 0.6) is 0 Å². The Kier molecular flexibility index (Phi) is 6.25. The zero-order valence-electron chi connectivity index (χ0n) is 20.9. The van der Waals surface area contributed by atoms with Gasteiger partial charge in [-0.3, -0.25) is 14.4 Å². The lowest BCUT2D eigenvalue weighted by Gasteiger charge is -2.54. The monoisotopic (exact) mass is 458 g/mol. The predicted octanol–water partition coefficient (Wildman–Crippen LogP) is 5.26. The van der Waals surface area contributed by atoms with E-state index >= 15 is 0 Å². The third-order valence-corrected chi connectivity index (χ3v) is 9.04. The highest BCUT2D eigenvalue weighted by atomic mass is 16.5. The Morgan fingerprint density at radius 2 is 1.76 bits per heavy atom. The fraction of sp³-hybridized carbons (Fsp3) is 0.741. The van der Waals surface area contributed by atoms with Gasteiger partial charge in [0.1, 0.15) is 18.0 Å². The van der Waals surface area contributed by atoms with Gasteiger partial charge in [-0.1, -0.05) is 19.9 Å². The van der Waals surface area contributed by atoms with Crippen molar-refractivity contribution in [1.29, 1.82) is 0 Å². The smallest absolute Gasteiger partial charge is 0.307 e. The lowest BCUT2D eigenvalue weighted by molar-refractivity contribution is -0.152. The summed E-state index contributed by atoms with van der Waals surface area (Å²) in [6, 6.07) is 0. The maximum absolute atomic E-state index is 12.2. The van der Waals surface area contributed by atoms with E-state index in [0.29, 0.717) is 18.3 Å². The molecule has 0 aromatic heterocycles. The summed E-state index contributed by atoms with van der Waals surface area (Å²) in [5.41, 5.74) is 2.32. The van der Waals surface area contributed by atoms with E-state index in [0.717, 1.165) is 44.3 Å². The van der Waals surface area contributed by atoms with Crippen molar-refractivity contribution in [3.63, 3.8) is 0 Å². The van der Waals surface area contributed by atoms with Crippen molar-refractivity contribution < 1.29 is 28.6 Å². The topological polar surface area (TPSA) is 78.9 Å². The first kappa shape index (κ1) is 24.0. The Labute approximate surface area is 197 Å². The van der Waals surface area contributed by atoms with Crippen LogP contribution in [0.15, 0.2) is 23.0 Å². The fourth-order valence-corrected chi connectivity index (χ4v) is 7.72. The molecule has 4 aliphatic rings. The van der Waals surface area contributed by atoms with Gasteiger partial charge in [-0.15, -0.1) is 0 Å². The van der Waals surface area contributed by atoms with Crippen LogP contribution in [-0.4, -0.2) is 30.1 Å². The van der Waals surface area contributed by atoms with E-state index in [4.69, 9.17) is 14.2 Å². The Morgan fingerprint density at radius 1 is 1.03 bits per heavy atom. The molecule has 0 spiro atoms. The van der Waals surface area contributed by atoms with E-state index in [1.807, 2.05) is 6.92 Å². The molecule has 0 heterocycles. The lowest BCUT2D eigenvalue weighted by atomic mass is 9.51. The molecule has 0 N–H and O–H groups in total. The van der Waals surface area contributed by atoms with Crippen LogP contribution in [-0.2, 0) is 28.6 Å². The fourth-order valence-electron chi connectivity index (χ4n) is 7.72. The summed E-state index contributed by atoms with van der Waals surface area (Å²) in [6.45, 7) is 11.0. The first-order valence-electron chi connectivity index (χ1n) is 12.4. The Morgan fingerprint density at radius 3 is 2.39 bits per heavy atom. The number of carbonyl (C=O) groups is 3. The molecular weight excluding hydrogens is 420 g/mol. The molecule has 2 saturated carbocycles. The van der Waals surface area contributed by atoms with Gasteiger partial charge in [0, 0.05) is 33.1 Å². The second kappa shape index (κ2) is 8.59. The molecule has 2 fully saturated rings. The summed E-state index contributed by atoms with van der Waals surface area (Å²) >= 11 is 0. The SMILES string of the molecule is CC(=O)OC1=C2C(=CCC3C[C@H](OC(C)=O)CCC23C)C2CCC(C(C)OC(C)=O)C2(C)C1. The highest BCUT2D eigenvalue weighted by Crippen LogP contribution is 2.66. The Balaban J connectivity index is 1.73. The van der Waals surface area contributed by atoms with E-state index in [9.17, 15) is 14.4 Å². The van der Waals surface area contributed by atoms with Crippen molar-refractivity contribution in [3.05, 3.63) is 23.0 Å². The molecule has 0 saturated heterocycles. The van der Waals surface area contributed by atoms with Gasteiger partial charge in [0.2, 0.25) is 0 Å². The average Bonchev–Trinajstić information content (AvgIpc) is 3.03. The third kappa shape index (κ3) is 4.15. The van der Waals surface area contributed by atoms with Crippen LogP contribution in [0.1, 0.15) is 86.5 Å². The maximum atomic E-state index is 12.2. The molecular formula is C27H38O6. The van der Waals surface area contributed by atoms with Crippen molar-refractivity contribution >= 4 is 17.9 Å². The zero-order chi connectivity index (χ0) is 24.1. The van der Waals surface area contributed by atoms with Gasteiger partial charge < -0.3 is 14.2 Å². The number of ether oxygens (including phenoxy) is 3. The molecule has 182 valence electrons. The minimum atomic E-state index is -0.291. The Bertz CT molecular complexity index is 916. The molecule has 0 bridgehead atoms. The zero-order valence-corrected chi connectivity index (χ0v) is 20.9. The molecule has 33 heavy (non-hydrogen) atoms. The summed E-state index contributed by atoms with van der Waals surface area (Å²) in [7, 11) is 0. The van der Waals surface area contributed by atoms with E-state index < -0.39 is 0 Å². The summed E-state index contributed by atoms with van der Waals surface area (Å²) < 4.78 is 17.1. The number of fused-ring (bicyclic) bond motifs is 5. The first-order chi connectivity index (χ1) is 15.5. The molecule has 6 nitrogen and oxygen atoms in total. The van der Waals surface area contributed by atoms with Crippen molar-refractivity contribution in [1.82, 2.24) is 0 Å². The normalized spacial score (nSPS) is 38.3. The van der Waals surface area contributed by atoms with Crippen LogP contribution < -0.4 is 0 Å². The molecule has 4 rings (SSSR count). The summed E-state index contributed by atoms with van der Waals surface area (Å²) in [5.74, 6) is 0.958. The van der Waals surface area contributed by atoms with Gasteiger partial charge in [0.15, 0.2) is 0 Å². The van der Waals surface area contributed by atoms with Gasteiger partial charge in [-0.05, 0) is 79.3 Å². The minimum Gasteiger partial charge on any atom is -0.463 e. The van der Waals surface area contributed by atoms with E-state index in [2.05, 4.69) is 19.9 Å². The van der Waals surface area contributed by atoms with Gasteiger partial charge in [0.05, 0.1) is 0 Å². The molecule has 0 aliphatic heterocycles. The highest BCUT2D eigenvalue weighted by Gasteiger charge is 2.58. The third-order valence-electron chi connectivity index (χ3n) is 9.04.